The molecule has 0 saturated carbocycles. The average molecular weight is 352 g/mol. The molecule has 2 aromatic carbocycles. The van der Waals surface area contributed by atoms with Crippen LogP contribution in [0, 0.1) is 12.8 Å². The van der Waals surface area contributed by atoms with Crippen molar-refractivity contribution in [2.75, 3.05) is 6.54 Å². The summed E-state index contributed by atoms with van der Waals surface area (Å²) < 4.78 is 0. The fourth-order valence-electron chi connectivity index (χ4n) is 2.80. The van der Waals surface area contributed by atoms with E-state index < -0.39 is 6.04 Å². The van der Waals surface area contributed by atoms with Gasteiger partial charge in [0.25, 0.3) is 5.91 Å². The van der Waals surface area contributed by atoms with Crippen molar-refractivity contribution in [1.82, 2.24) is 10.6 Å². The van der Waals surface area contributed by atoms with Crippen LogP contribution in [-0.2, 0) is 11.2 Å². The molecule has 1 atom stereocenters. The first-order valence-electron chi connectivity index (χ1n) is 9.16. The van der Waals surface area contributed by atoms with Crippen molar-refractivity contribution in [3.8, 4) is 0 Å². The summed E-state index contributed by atoms with van der Waals surface area (Å²) in [4.78, 5) is 24.9. The molecule has 0 aliphatic carbocycles. The number of hydrogen-bond donors (Lipinski definition) is 2. The molecular weight excluding hydrogens is 324 g/mol. The van der Waals surface area contributed by atoms with Gasteiger partial charge in [0.05, 0.1) is 0 Å². The number of hydrogen-bond acceptors (Lipinski definition) is 2. The second-order valence-corrected chi connectivity index (χ2v) is 6.94. The highest BCUT2D eigenvalue weighted by Gasteiger charge is 2.24. The van der Waals surface area contributed by atoms with E-state index in [9.17, 15) is 9.59 Å². The van der Waals surface area contributed by atoms with Gasteiger partial charge in [-0.3, -0.25) is 9.59 Å². The Labute approximate surface area is 156 Å². The molecule has 1 unspecified atom stereocenters. The predicted molar refractivity (Wildman–Crippen MR) is 105 cm³/mol. The molecule has 4 heteroatoms. The van der Waals surface area contributed by atoms with Crippen LogP contribution >= 0.6 is 0 Å². The van der Waals surface area contributed by atoms with Crippen molar-refractivity contribution < 1.29 is 9.59 Å². The zero-order valence-corrected chi connectivity index (χ0v) is 15.8. The van der Waals surface area contributed by atoms with E-state index in [-0.39, 0.29) is 17.7 Å². The van der Waals surface area contributed by atoms with E-state index in [1.807, 2.05) is 57.2 Å². The molecule has 0 spiro atoms. The van der Waals surface area contributed by atoms with Gasteiger partial charge in [-0.15, -0.1) is 0 Å². The van der Waals surface area contributed by atoms with Gasteiger partial charge in [0.2, 0.25) is 5.91 Å². The number of benzene rings is 2. The van der Waals surface area contributed by atoms with Crippen molar-refractivity contribution in [2.24, 2.45) is 5.92 Å². The zero-order chi connectivity index (χ0) is 18.9. The van der Waals surface area contributed by atoms with Crippen molar-refractivity contribution in [3.63, 3.8) is 0 Å². The van der Waals surface area contributed by atoms with Crippen LogP contribution in [0.15, 0.2) is 54.6 Å². The monoisotopic (exact) mass is 352 g/mol. The summed E-state index contributed by atoms with van der Waals surface area (Å²) in [6.07, 6.45) is 1.79. The maximum Gasteiger partial charge on any atom is 0.251 e. The largest absolute Gasteiger partial charge is 0.354 e. The summed E-state index contributed by atoms with van der Waals surface area (Å²) >= 11 is 0. The van der Waals surface area contributed by atoms with Gasteiger partial charge in [0.1, 0.15) is 6.04 Å². The molecule has 0 aliphatic heterocycles. The lowest BCUT2D eigenvalue weighted by Crippen LogP contribution is -2.49. The van der Waals surface area contributed by atoms with Crippen molar-refractivity contribution in [2.45, 2.75) is 39.7 Å². The third kappa shape index (κ3) is 6.03. The number of amides is 2. The summed E-state index contributed by atoms with van der Waals surface area (Å²) in [6, 6.07) is 17.0. The van der Waals surface area contributed by atoms with E-state index in [4.69, 9.17) is 0 Å². The van der Waals surface area contributed by atoms with Gasteiger partial charge in [-0.25, -0.2) is 0 Å². The Hall–Kier alpha value is -2.62. The third-order valence-electron chi connectivity index (χ3n) is 4.30. The van der Waals surface area contributed by atoms with Crippen LogP contribution in [0.4, 0.5) is 0 Å². The van der Waals surface area contributed by atoms with Crippen molar-refractivity contribution in [3.05, 3.63) is 71.3 Å². The Morgan fingerprint density at radius 3 is 2.38 bits per heavy atom. The molecule has 26 heavy (non-hydrogen) atoms. The first-order chi connectivity index (χ1) is 12.5. The number of aryl methyl sites for hydroxylation is 2. The van der Waals surface area contributed by atoms with Crippen LogP contribution in [0.1, 0.15) is 41.8 Å². The molecule has 0 heterocycles. The SMILES string of the molecule is Cc1cccc(C(=O)NC(C(=O)NCCCc2ccccc2)C(C)C)c1. The lowest BCUT2D eigenvalue weighted by atomic mass is 10.0. The van der Waals surface area contributed by atoms with E-state index in [2.05, 4.69) is 22.8 Å². The van der Waals surface area contributed by atoms with Crippen LogP contribution in [0.5, 0.6) is 0 Å². The Morgan fingerprint density at radius 1 is 1.00 bits per heavy atom. The van der Waals surface area contributed by atoms with Crippen molar-refractivity contribution >= 4 is 11.8 Å². The van der Waals surface area contributed by atoms with E-state index in [0.717, 1.165) is 18.4 Å². The summed E-state index contributed by atoms with van der Waals surface area (Å²) in [5, 5.41) is 5.82. The van der Waals surface area contributed by atoms with Gasteiger partial charge < -0.3 is 10.6 Å². The number of nitrogens with one attached hydrogen (secondary N) is 2. The average Bonchev–Trinajstić information content (AvgIpc) is 2.63. The Morgan fingerprint density at radius 2 is 1.73 bits per heavy atom. The molecule has 4 nitrogen and oxygen atoms in total. The molecule has 0 aromatic heterocycles. The van der Waals surface area contributed by atoms with E-state index >= 15 is 0 Å². The lowest BCUT2D eigenvalue weighted by Gasteiger charge is -2.22. The second-order valence-electron chi connectivity index (χ2n) is 6.94. The quantitative estimate of drug-likeness (QED) is 0.715. The van der Waals surface area contributed by atoms with Gasteiger partial charge in [-0.1, -0.05) is 61.9 Å². The van der Waals surface area contributed by atoms with E-state index in [0.29, 0.717) is 12.1 Å². The molecule has 2 aromatic rings. The highest BCUT2D eigenvalue weighted by molar-refractivity contribution is 5.97. The van der Waals surface area contributed by atoms with Gasteiger partial charge in [0, 0.05) is 12.1 Å². The minimum Gasteiger partial charge on any atom is -0.354 e. The Kier molecular flexibility index (Phi) is 7.39. The summed E-state index contributed by atoms with van der Waals surface area (Å²) in [7, 11) is 0. The van der Waals surface area contributed by atoms with Crippen LogP contribution in [0.3, 0.4) is 0 Å². The van der Waals surface area contributed by atoms with Gasteiger partial charge in [-0.05, 0) is 43.4 Å². The minimum absolute atomic E-state index is 0.0119. The van der Waals surface area contributed by atoms with Crippen LogP contribution in [0.2, 0.25) is 0 Å². The molecular formula is C22H28N2O2. The Balaban J connectivity index is 1.85. The van der Waals surface area contributed by atoms with Crippen molar-refractivity contribution in [1.29, 1.82) is 0 Å². The fourth-order valence-corrected chi connectivity index (χ4v) is 2.80. The number of rotatable bonds is 8. The molecule has 0 saturated heterocycles. The smallest absolute Gasteiger partial charge is 0.251 e. The minimum atomic E-state index is -0.542. The fraction of sp³-hybridized carbons (Fsp3) is 0.364. The molecule has 2 N–H and O–H groups in total. The third-order valence-corrected chi connectivity index (χ3v) is 4.30. The molecule has 138 valence electrons. The summed E-state index contributed by atoms with van der Waals surface area (Å²) in [5.74, 6) is -0.334. The lowest BCUT2D eigenvalue weighted by molar-refractivity contribution is -0.123. The topological polar surface area (TPSA) is 58.2 Å². The second kappa shape index (κ2) is 9.76. The first kappa shape index (κ1) is 19.7. The normalized spacial score (nSPS) is 11.8. The standard InChI is InChI=1S/C22H28N2O2/c1-16(2)20(24-21(25)19-13-7-9-17(3)15-19)22(26)23-14-8-12-18-10-5-4-6-11-18/h4-7,9-11,13,15-16,20H,8,12,14H2,1-3H3,(H,23,26)(H,24,25). The summed E-state index contributed by atoms with van der Waals surface area (Å²) in [5.41, 5.74) is 2.85. The molecule has 0 bridgehead atoms. The predicted octanol–water partition coefficient (Wildman–Crippen LogP) is 3.50. The van der Waals surface area contributed by atoms with E-state index in [1.165, 1.54) is 5.56 Å². The van der Waals surface area contributed by atoms with Crippen LogP contribution < -0.4 is 10.6 Å². The maximum absolute atomic E-state index is 12.5. The highest BCUT2D eigenvalue weighted by Crippen LogP contribution is 2.08. The van der Waals surface area contributed by atoms with Crippen LogP contribution in [0.25, 0.3) is 0 Å². The van der Waals surface area contributed by atoms with E-state index in [1.54, 1.807) is 6.07 Å². The van der Waals surface area contributed by atoms with Crippen LogP contribution in [-0.4, -0.2) is 24.4 Å². The Bertz CT molecular complexity index is 726. The van der Waals surface area contributed by atoms with Gasteiger partial charge in [-0.2, -0.15) is 0 Å². The first-order valence-corrected chi connectivity index (χ1v) is 9.16. The highest BCUT2D eigenvalue weighted by atomic mass is 16.2. The van der Waals surface area contributed by atoms with Gasteiger partial charge in [0.15, 0.2) is 0 Å². The molecule has 0 aliphatic rings. The number of carbonyl (C=O) groups is 2. The molecule has 0 radical (unpaired) electrons. The summed E-state index contributed by atoms with van der Waals surface area (Å²) in [6.45, 7) is 6.41. The van der Waals surface area contributed by atoms with Gasteiger partial charge >= 0.3 is 0 Å². The molecule has 0 fully saturated rings. The maximum atomic E-state index is 12.5. The number of carbonyl (C=O) groups excluding carboxylic acids is 2. The molecule has 2 amide bonds. The zero-order valence-electron chi connectivity index (χ0n) is 15.8. The molecule has 2 rings (SSSR count).